The smallest absolute Gasteiger partial charge is 0.185 e. The predicted octanol–water partition coefficient (Wildman–Crippen LogP) is 3.64. The average Bonchev–Trinajstić information content (AvgIpc) is 2.75. The van der Waals surface area contributed by atoms with Crippen LogP contribution in [-0.2, 0) is 5.66 Å². The van der Waals surface area contributed by atoms with E-state index in [1.165, 1.54) is 0 Å². The van der Waals surface area contributed by atoms with Gasteiger partial charge in [-0.1, -0.05) is 44.5 Å². The van der Waals surface area contributed by atoms with Gasteiger partial charge in [0.05, 0.1) is 0 Å². The summed E-state index contributed by atoms with van der Waals surface area (Å²) >= 11 is 11.4. The summed E-state index contributed by atoms with van der Waals surface area (Å²) in [7, 11) is 0. The minimum absolute atomic E-state index is 0.321. The van der Waals surface area contributed by atoms with E-state index in [1.807, 2.05) is 29.3 Å². The Morgan fingerprint density at radius 3 is 2.50 bits per heavy atom. The second-order valence-electron chi connectivity index (χ2n) is 5.64. The van der Waals surface area contributed by atoms with Gasteiger partial charge >= 0.3 is 0 Å². The zero-order valence-corrected chi connectivity index (χ0v) is 13.8. The Balaban J connectivity index is 2.16. The number of nitrogens with zero attached hydrogens (tertiary/aromatic N) is 1. The topological polar surface area (TPSA) is 27.3 Å². The van der Waals surface area contributed by atoms with Crippen LogP contribution in [0.25, 0.3) is 0 Å². The Morgan fingerprint density at radius 1 is 1.30 bits per heavy atom. The molecule has 0 aliphatic carbocycles. The van der Waals surface area contributed by atoms with E-state index in [0.717, 1.165) is 35.1 Å². The van der Waals surface area contributed by atoms with Crippen LogP contribution in [0.15, 0.2) is 24.3 Å². The van der Waals surface area contributed by atoms with E-state index in [0.29, 0.717) is 5.92 Å². The van der Waals surface area contributed by atoms with Gasteiger partial charge in [-0.25, -0.2) is 5.43 Å². The molecule has 1 atom stereocenters. The van der Waals surface area contributed by atoms with Crippen molar-refractivity contribution in [3.8, 4) is 0 Å². The lowest BCUT2D eigenvalue weighted by Crippen LogP contribution is -2.48. The molecule has 0 amide bonds. The molecule has 110 valence electrons. The summed E-state index contributed by atoms with van der Waals surface area (Å²) in [5.74, 6) is 0.659. The Morgan fingerprint density at radius 2 is 1.95 bits per heavy atom. The third kappa shape index (κ3) is 3.25. The van der Waals surface area contributed by atoms with Crippen LogP contribution in [0.5, 0.6) is 0 Å². The molecule has 0 radical (unpaired) electrons. The van der Waals surface area contributed by atoms with Crippen molar-refractivity contribution in [1.29, 1.82) is 0 Å². The van der Waals surface area contributed by atoms with Crippen LogP contribution in [0, 0.1) is 5.92 Å². The van der Waals surface area contributed by atoms with Crippen LogP contribution in [-0.4, -0.2) is 16.7 Å². The SMILES string of the molecule is CC[C@@]1(c2ccc(Cl)cc2)NC(=S)N(CCC(C)C)N1. The van der Waals surface area contributed by atoms with Gasteiger partial charge < -0.3 is 5.32 Å². The molecule has 0 bridgehead atoms. The summed E-state index contributed by atoms with van der Waals surface area (Å²) < 4.78 is 0. The molecule has 20 heavy (non-hydrogen) atoms. The van der Waals surface area contributed by atoms with Gasteiger partial charge in [0.25, 0.3) is 0 Å². The number of hydrazine groups is 1. The first-order valence-corrected chi connectivity index (χ1v) is 7.89. The van der Waals surface area contributed by atoms with E-state index in [9.17, 15) is 0 Å². The molecule has 1 saturated heterocycles. The molecule has 0 spiro atoms. The summed E-state index contributed by atoms with van der Waals surface area (Å²) in [6, 6.07) is 7.91. The lowest BCUT2D eigenvalue weighted by atomic mass is 9.98. The molecule has 0 saturated carbocycles. The molecule has 5 heteroatoms. The summed E-state index contributed by atoms with van der Waals surface area (Å²) in [6.07, 6.45) is 2.00. The molecule has 1 aliphatic rings. The van der Waals surface area contributed by atoms with E-state index < -0.39 is 0 Å². The molecular weight excluding hydrogens is 290 g/mol. The van der Waals surface area contributed by atoms with E-state index in [2.05, 4.69) is 31.5 Å². The van der Waals surface area contributed by atoms with Crippen molar-refractivity contribution in [2.75, 3.05) is 6.54 Å². The van der Waals surface area contributed by atoms with Crippen LogP contribution in [0.2, 0.25) is 5.02 Å². The molecule has 1 heterocycles. The number of thiocarbonyl (C=S) groups is 1. The van der Waals surface area contributed by atoms with Crippen LogP contribution in [0.1, 0.15) is 39.2 Å². The Hall–Kier alpha value is -0.840. The summed E-state index contributed by atoms with van der Waals surface area (Å²) in [6.45, 7) is 7.50. The summed E-state index contributed by atoms with van der Waals surface area (Å²) in [4.78, 5) is 0. The first-order chi connectivity index (χ1) is 9.47. The molecule has 2 rings (SSSR count). The van der Waals surface area contributed by atoms with Crippen molar-refractivity contribution >= 4 is 28.9 Å². The highest BCUT2D eigenvalue weighted by molar-refractivity contribution is 7.80. The monoisotopic (exact) mass is 311 g/mol. The van der Waals surface area contributed by atoms with E-state index >= 15 is 0 Å². The van der Waals surface area contributed by atoms with Crippen molar-refractivity contribution < 1.29 is 0 Å². The summed E-state index contributed by atoms with van der Waals surface area (Å²) in [5.41, 5.74) is 4.36. The fourth-order valence-corrected chi connectivity index (χ4v) is 2.78. The second-order valence-corrected chi connectivity index (χ2v) is 6.47. The van der Waals surface area contributed by atoms with Crippen molar-refractivity contribution in [2.24, 2.45) is 5.92 Å². The Bertz CT molecular complexity index is 475. The second kappa shape index (κ2) is 6.29. The Labute approximate surface area is 131 Å². The van der Waals surface area contributed by atoms with Crippen LogP contribution in [0.3, 0.4) is 0 Å². The lowest BCUT2D eigenvalue weighted by molar-refractivity contribution is 0.205. The van der Waals surface area contributed by atoms with Crippen molar-refractivity contribution in [2.45, 2.75) is 39.3 Å². The molecular formula is C15H22ClN3S. The van der Waals surface area contributed by atoms with Crippen LogP contribution < -0.4 is 10.7 Å². The first kappa shape index (κ1) is 15.5. The quantitative estimate of drug-likeness (QED) is 0.812. The van der Waals surface area contributed by atoms with Crippen molar-refractivity contribution in [3.63, 3.8) is 0 Å². The van der Waals surface area contributed by atoms with Crippen LogP contribution >= 0.6 is 23.8 Å². The van der Waals surface area contributed by atoms with Gasteiger partial charge in [0, 0.05) is 11.6 Å². The van der Waals surface area contributed by atoms with Crippen molar-refractivity contribution in [3.05, 3.63) is 34.9 Å². The van der Waals surface area contributed by atoms with E-state index in [4.69, 9.17) is 23.8 Å². The third-order valence-corrected chi connectivity index (χ3v) is 4.26. The lowest BCUT2D eigenvalue weighted by Gasteiger charge is -2.29. The third-order valence-electron chi connectivity index (χ3n) is 3.69. The van der Waals surface area contributed by atoms with Gasteiger partial charge in [-0.05, 0) is 48.7 Å². The average molecular weight is 312 g/mol. The number of rotatable bonds is 5. The minimum Gasteiger partial charge on any atom is -0.338 e. The molecule has 1 aliphatic heterocycles. The molecule has 1 fully saturated rings. The zero-order chi connectivity index (χ0) is 14.8. The highest BCUT2D eigenvalue weighted by Gasteiger charge is 2.39. The zero-order valence-electron chi connectivity index (χ0n) is 12.2. The molecule has 0 unspecified atom stereocenters. The standard InChI is InChI=1S/C15H22ClN3S/c1-4-15(12-5-7-13(16)8-6-12)17-14(20)19(18-15)10-9-11(2)3/h5-8,11,18H,4,9-10H2,1-3H3,(H,17,20)/t15-/m1/s1. The number of hydrogen-bond donors (Lipinski definition) is 2. The minimum atomic E-state index is -0.321. The van der Waals surface area contributed by atoms with Gasteiger partial charge in [0.15, 0.2) is 5.11 Å². The van der Waals surface area contributed by atoms with Gasteiger partial charge in [-0.15, -0.1) is 0 Å². The molecule has 1 aromatic rings. The highest BCUT2D eigenvalue weighted by atomic mass is 35.5. The van der Waals surface area contributed by atoms with Gasteiger partial charge in [-0.3, -0.25) is 5.01 Å². The predicted molar refractivity (Wildman–Crippen MR) is 88.5 cm³/mol. The first-order valence-electron chi connectivity index (χ1n) is 7.10. The fraction of sp³-hybridized carbons (Fsp3) is 0.533. The van der Waals surface area contributed by atoms with Crippen LogP contribution in [0.4, 0.5) is 0 Å². The summed E-state index contributed by atoms with van der Waals surface area (Å²) in [5, 5.41) is 6.99. The highest BCUT2D eigenvalue weighted by Crippen LogP contribution is 2.28. The number of benzene rings is 1. The molecule has 2 N–H and O–H groups in total. The van der Waals surface area contributed by atoms with E-state index in [-0.39, 0.29) is 5.66 Å². The largest absolute Gasteiger partial charge is 0.338 e. The fourth-order valence-electron chi connectivity index (χ4n) is 2.35. The number of nitrogens with one attached hydrogen (secondary N) is 2. The van der Waals surface area contributed by atoms with E-state index in [1.54, 1.807) is 0 Å². The molecule has 0 aromatic heterocycles. The molecule has 3 nitrogen and oxygen atoms in total. The normalized spacial score (nSPS) is 22.4. The maximum absolute atomic E-state index is 5.97. The maximum atomic E-state index is 5.97. The number of hydrogen-bond acceptors (Lipinski definition) is 2. The maximum Gasteiger partial charge on any atom is 0.185 e. The number of halogens is 1. The van der Waals surface area contributed by atoms with Gasteiger partial charge in [0.1, 0.15) is 5.66 Å². The van der Waals surface area contributed by atoms with Crippen molar-refractivity contribution in [1.82, 2.24) is 15.8 Å². The molecule has 1 aromatic carbocycles. The van der Waals surface area contributed by atoms with Gasteiger partial charge in [-0.2, -0.15) is 0 Å². The van der Waals surface area contributed by atoms with Gasteiger partial charge in [0.2, 0.25) is 0 Å². The Kier molecular flexibility index (Phi) is 4.89.